The molecule has 0 spiro atoms. The largest absolute Gasteiger partial charge is 0.495 e. The number of carbonyl (C=O) groups is 2. The fraction of sp³-hybridized carbons (Fsp3) is 0.364. The van der Waals surface area contributed by atoms with Gasteiger partial charge in [-0.2, -0.15) is 0 Å². The molecule has 29 heavy (non-hydrogen) atoms. The van der Waals surface area contributed by atoms with Crippen LogP contribution < -0.4 is 15.4 Å². The molecule has 2 aromatic rings. The number of nitrogens with one attached hydrogen (secondary N) is 2. The average molecular weight is 418 g/mol. The van der Waals surface area contributed by atoms with Gasteiger partial charge in [0.2, 0.25) is 11.8 Å². The van der Waals surface area contributed by atoms with Crippen LogP contribution in [0.4, 0.5) is 11.4 Å². The Balaban J connectivity index is 2.01. The van der Waals surface area contributed by atoms with E-state index in [1.54, 1.807) is 37.1 Å². The van der Waals surface area contributed by atoms with Crippen molar-refractivity contribution in [2.24, 2.45) is 0 Å². The average Bonchev–Trinajstić information content (AvgIpc) is 2.64. The fourth-order valence-corrected chi connectivity index (χ4v) is 3.31. The van der Waals surface area contributed by atoms with Crippen molar-refractivity contribution in [1.29, 1.82) is 0 Å². The van der Waals surface area contributed by atoms with E-state index in [9.17, 15) is 9.59 Å². The lowest BCUT2D eigenvalue weighted by Gasteiger charge is -2.24. The van der Waals surface area contributed by atoms with Gasteiger partial charge >= 0.3 is 0 Å². The SMILES string of the molecule is COc1ccc(Cl)cc1NC(=O)[C@H](C)N(C)CC(=O)Nc1c(C)cc(C)cc1C. The maximum atomic E-state index is 12.6. The zero-order valence-corrected chi connectivity index (χ0v) is 18.5. The number of hydrogen-bond donors (Lipinski definition) is 2. The zero-order valence-electron chi connectivity index (χ0n) is 17.7. The molecule has 156 valence electrons. The molecule has 0 aromatic heterocycles. The number of hydrogen-bond acceptors (Lipinski definition) is 4. The van der Waals surface area contributed by atoms with E-state index < -0.39 is 6.04 Å². The minimum atomic E-state index is -0.537. The van der Waals surface area contributed by atoms with Gasteiger partial charge < -0.3 is 15.4 Å². The lowest BCUT2D eigenvalue weighted by molar-refractivity contribution is -0.122. The topological polar surface area (TPSA) is 70.7 Å². The van der Waals surface area contributed by atoms with Crippen LogP contribution in [-0.2, 0) is 9.59 Å². The highest BCUT2D eigenvalue weighted by molar-refractivity contribution is 6.31. The molecule has 0 aliphatic rings. The number of likely N-dealkylation sites (N-methyl/N-ethyl adjacent to an activating group) is 1. The van der Waals surface area contributed by atoms with Gasteiger partial charge in [-0.05, 0) is 64.1 Å². The Morgan fingerprint density at radius 1 is 1.10 bits per heavy atom. The third-order valence-corrected chi connectivity index (χ3v) is 5.03. The van der Waals surface area contributed by atoms with Gasteiger partial charge in [-0.3, -0.25) is 14.5 Å². The molecular formula is C22H28ClN3O3. The van der Waals surface area contributed by atoms with Gasteiger partial charge in [-0.25, -0.2) is 0 Å². The molecule has 0 saturated carbocycles. The molecule has 0 unspecified atom stereocenters. The van der Waals surface area contributed by atoms with Gasteiger partial charge in [0.15, 0.2) is 0 Å². The Hall–Kier alpha value is -2.57. The summed E-state index contributed by atoms with van der Waals surface area (Å²) < 4.78 is 5.25. The number of carbonyl (C=O) groups excluding carboxylic acids is 2. The quantitative estimate of drug-likeness (QED) is 0.709. The number of ether oxygens (including phenoxy) is 1. The van der Waals surface area contributed by atoms with E-state index in [0.29, 0.717) is 16.5 Å². The van der Waals surface area contributed by atoms with Crippen LogP contribution in [0, 0.1) is 20.8 Å². The van der Waals surface area contributed by atoms with Crippen molar-refractivity contribution in [1.82, 2.24) is 4.90 Å². The molecule has 0 saturated heterocycles. The second-order valence-electron chi connectivity index (χ2n) is 7.25. The minimum Gasteiger partial charge on any atom is -0.495 e. The third kappa shape index (κ3) is 5.95. The van der Waals surface area contributed by atoms with Gasteiger partial charge in [0.05, 0.1) is 25.4 Å². The van der Waals surface area contributed by atoms with Crippen LogP contribution in [0.5, 0.6) is 5.75 Å². The Morgan fingerprint density at radius 2 is 1.72 bits per heavy atom. The highest BCUT2D eigenvalue weighted by Gasteiger charge is 2.22. The Morgan fingerprint density at radius 3 is 2.31 bits per heavy atom. The van der Waals surface area contributed by atoms with Crippen molar-refractivity contribution in [3.8, 4) is 5.75 Å². The van der Waals surface area contributed by atoms with Crippen molar-refractivity contribution < 1.29 is 14.3 Å². The lowest BCUT2D eigenvalue weighted by Crippen LogP contribution is -2.43. The molecule has 2 aromatic carbocycles. The lowest BCUT2D eigenvalue weighted by atomic mass is 10.1. The summed E-state index contributed by atoms with van der Waals surface area (Å²) in [5.41, 5.74) is 4.47. The molecule has 6 nitrogen and oxygen atoms in total. The Bertz CT molecular complexity index is 891. The minimum absolute atomic E-state index is 0.0774. The van der Waals surface area contributed by atoms with Crippen LogP contribution in [-0.4, -0.2) is 43.5 Å². The number of anilines is 2. The van der Waals surface area contributed by atoms with Crippen molar-refractivity contribution in [3.63, 3.8) is 0 Å². The summed E-state index contributed by atoms with van der Waals surface area (Å²) in [7, 11) is 3.25. The maximum Gasteiger partial charge on any atom is 0.241 e. The number of nitrogens with zero attached hydrogens (tertiary/aromatic N) is 1. The highest BCUT2D eigenvalue weighted by atomic mass is 35.5. The predicted octanol–water partition coefficient (Wildman–Crippen LogP) is 4.17. The number of amides is 2. The van der Waals surface area contributed by atoms with E-state index in [2.05, 4.69) is 10.6 Å². The molecule has 0 radical (unpaired) electrons. The summed E-state index contributed by atoms with van der Waals surface area (Å²) in [4.78, 5) is 26.8. The van der Waals surface area contributed by atoms with Gasteiger partial charge in [0.25, 0.3) is 0 Å². The molecule has 7 heteroatoms. The first-order valence-corrected chi connectivity index (χ1v) is 9.72. The van der Waals surface area contributed by atoms with Gasteiger partial charge in [0, 0.05) is 10.7 Å². The van der Waals surface area contributed by atoms with Crippen LogP contribution in [0.3, 0.4) is 0 Å². The molecule has 0 aliphatic carbocycles. The zero-order chi connectivity index (χ0) is 21.7. The molecular weight excluding hydrogens is 390 g/mol. The van der Waals surface area contributed by atoms with Crippen molar-refractivity contribution in [3.05, 3.63) is 52.0 Å². The van der Waals surface area contributed by atoms with E-state index in [0.717, 1.165) is 22.4 Å². The molecule has 0 bridgehead atoms. The maximum absolute atomic E-state index is 12.6. The summed E-state index contributed by atoms with van der Waals surface area (Å²) in [6.45, 7) is 7.77. The first kappa shape index (κ1) is 22.7. The van der Waals surface area contributed by atoms with Gasteiger partial charge in [-0.15, -0.1) is 0 Å². The van der Waals surface area contributed by atoms with E-state index in [1.165, 1.54) is 7.11 Å². The van der Waals surface area contributed by atoms with Crippen LogP contribution >= 0.6 is 11.6 Å². The summed E-state index contributed by atoms with van der Waals surface area (Å²) in [6.07, 6.45) is 0. The van der Waals surface area contributed by atoms with Crippen molar-refractivity contribution >= 4 is 34.8 Å². The van der Waals surface area contributed by atoms with Gasteiger partial charge in [0.1, 0.15) is 5.75 Å². The van der Waals surface area contributed by atoms with E-state index in [4.69, 9.17) is 16.3 Å². The van der Waals surface area contributed by atoms with E-state index >= 15 is 0 Å². The highest BCUT2D eigenvalue weighted by Crippen LogP contribution is 2.28. The van der Waals surface area contributed by atoms with Gasteiger partial charge in [-0.1, -0.05) is 29.3 Å². The molecule has 0 heterocycles. The summed E-state index contributed by atoms with van der Waals surface area (Å²) >= 11 is 6.01. The third-order valence-electron chi connectivity index (χ3n) is 4.79. The van der Waals surface area contributed by atoms with E-state index in [1.807, 2.05) is 32.9 Å². The predicted molar refractivity (Wildman–Crippen MR) is 118 cm³/mol. The van der Waals surface area contributed by atoms with Crippen LogP contribution in [0.1, 0.15) is 23.6 Å². The first-order valence-electron chi connectivity index (χ1n) is 9.34. The van der Waals surface area contributed by atoms with Crippen molar-refractivity contribution in [2.75, 3.05) is 31.3 Å². The van der Waals surface area contributed by atoms with Crippen molar-refractivity contribution in [2.45, 2.75) is 33.7 Å². The molecule has 0 aliphatic heterocycles. The Kier molecular flexibility index (Phi) is 7.65. The molecule has 2 rings (SSSR count). The molecule has 2 amide bonds. The molecule has 1 atom stereocenters. The van der Waals surface area contributed by atoms with E-state index in [-0.39, 0.29) is 18.4 Å². The molecule has 0 fully saturated rings. The second-order valence-corrected chi connectivity index (χ2v) is 7.68. The second kappa shape index (κ2) is 9.76. The number of halogens is 1. The first-order chi connectivity index (χ1) is 13.6. The van der Waals surface area contributed by atoms with Crippen LogP contribution in [0.2, 0.25) is 5.02 Å². The smallest absolute Gasteiger partial charge is 0.241 e. The summed E-state index contributed by atoms with van der Waals surface area (Å²) in [5, 5.41) is 6.26. The number of rotatable bonds is 7. The molecule has 2 N–H and O–H groups in total. The fourth-order valence-electron chi connectivity index (χ4n) is 3.13. The normalized spacial score (nSPS) is 11.9. The van der Waals surface area contributed by atoms with Crippen LogP contribution in [0.15, 0.2) is 30.3 Å². The standard InChI is InChI=1S/C22H28ClN3O3/c1-13-9-14(2)21(15(3)10-13)25-20(27)12-26(5)16(4)22(28)24-18-11-17(23)7-8-19(18)29-6/h7-11,16H,12H2,1-6H3,(H,24,28)(H,25,27)/t16-/m0/s1. The summed E-state index contributed by atoms with van der Waals surface area (Å²) in [6, 6.07) is 8.52. The van der Waals surface area contributed by atoms with Crippen LogP contribution in [0.25, 0.3) is 0 Å². The number of aryl methyl sites for hydroxylation is 3. The number of benzene rings is 2. The summed E-state index contributed by atoms with van der Waals surface area (Å²) in [5.74, 6) is 0.0757. The Labute approximate surface area is 177 Å². The monoisotopic (exact) mass is 417 g/mol. The number of methoxy groups -OCH3 is 1.